The molecule has 0 bridgehead atoms. The fraction of sp³-hybridized carbons (Fsp3) is 0.294. The second kappa shape index (κ2) is 6.56. The molecule has 1 amide bonds. The quantitative estimate of drug-likeness (QED) is 0.923. The van der Waals surface area contributed by atoms with Gasteiger partial charge in [-0.1, -0.05) is 6.07 Å². The number of benzene rings is 1. The number of ether oxygens (including phenoxy) is 1. The van der Waals surface area contributed by atoms with Gasteiger partial charge in [0, 0.05) is 18.3 Å². The van der Waals surface area contributed by atoms with Gasteiger partial charge in [0.2, 0.25) is 0 Å². The molecule has 1 aromatic carbocycles. The van der Waals surface area contributed by atoms with Gasteiger partial charge < -0.3 is 10.1 Å². The number of hydrogen-bond acceptors (Lipinski definition) is 3. The zero-order chi connectivity index (χ0) is 15.4. The third kappa shape index (κ3) is 3.61. The van der Waals surface area contributed by atoms with Crippen molar-refractivity contribution >= 4 is 5.91 Å². The SMILES string of the molecule is O=C(NC1CCC1)c1ccc(COc2cccc(F)c2)nc1. The number of nitrogens with zero attached hydrogens (tertiary/aromatic N) is 1. The van der Waals surface area contributed by atoms with Crippen LogP contribution in [0, 0.1) is 5.82 Å². The predicted molar refractivity (Wildman–Crippen MR) is 80.1 cm³/mol. The number of amides is 1. The number of nitrogens with one attached hydrogen (secondary N) is 1. The number of pyridine rings is 1. The molecule has 0 spiro atoms. The maximum Gasteiger partial charge on any atom is 0.253 e. The van der Waals surface area contributed by atoms with Crippen molar-refractivity contribution in [2.24, 2.45) is 0 Å². The van der Waals surface area contributed by atoms with Gasteiger partial charge >= 0.3 is 0 Å². The summed E-state index contributed by atoms with van der Waals surface area (Å²) in [6, 6.07) is 9.74. The highest BCUT2D eigenvalue weighted by Crippen LogP contribution is 2.18. The average Bonchev–Trinajstić information content (AvgIpc) is 2.49. The van der Waals surface area contributed by atoms with Gasteiger partial charge in [0.15, 0.2) is 0 Å². The van der Waals surface area contributed by atoms with E-state index < -0.39 is 0 Å². The lowest BCUT2D eigenvalue weighted by molar-refractivity contribution is 0.0916. The molecular formula is C17H17FN2O2. The van der Waals surface area contributed by atoms with Gasteiger partial charge in [-0.2, -0.15) is 0 Å². The molecule has 22 heavy (non-hydrogen) atoms. The first-order chi connectivity index (χ1) is 10.7. The summed E-state index contributed by atoms with van der Waals surface area (Å²) in [5.41, 5.74) is 1.23. The minimum atomic E-state index is -0.339. The van der Waals surface area contributed by atoms with Crippen molar-refractivity contribution in [3.8, 4) is 5.75 Å². The number of carbonyl (C=O) groups is 1. The van der Waals surface area contributed by atoms with Crippen LogP contribution in [0.4, 0.5) is 4.39 Å². The van der Waals surface area contributed by atoms with Crippen LogP contribution in [0.25, 0.3) is 0 Å². The van der Waals surface area contributed by atoms with Crippen LogP contribution in [0.1, 0.15) is 35.3 Å². The first-order valence-electron chi connectivity index (χ1n) is 7.35. The lowest BCUT2D eigenvalue weighted by Crippen LogP contribution is -2.39. The van der Waals surface area contributed by atoms with Crippen LogP contribution < -0.4 is 10.1 Å². The summed E-state index contributed by atoms with van der Waals surface area (Å²) in [6.45, 7) is 0.230. The van der Waals surface area contributed by atoms with Crippen molar-refractivity contribution in [2.45, 2.75) is 31.9 Å². The molecule has 4 nitrogen and oxygen atoms in total. The van der Waals surface area contributed by atoms with E-state index in [1.807, 2.05) is 0 Å². The summed E-state index contributed by atoms with van der Waals surface area (Å²) in [7, 11) is 0. The molecule has 0 atom stereocenters. The van der Waals surface area contributed by atoms with Gasteiger partial charge in [0.05, 0.1) is 11.3 Å². The molecule has 114 valence electrons. The molecule has 1 aromatic heterocycles. The van der Waals surface area contributed by atoms with E-state index in [1.54, 1.807) is 24.3 Å². The number of carbonyl (C=O) groups excluding carboxylic acids is 1. The zero-order valence-electron chi connectivity index (χ0n) is 12.1. The van der Waals surface area contributed by atoms with E-state index in [2.05, 4.69) is 10.3 Å². The second-order valence-corrected chi connectivity index (χ2v) is 5.39. The smallest absolute Gasteiger partial charge is 0.253 e. The number of rotatable bonds is 5. The van der Waals surface area contributed by atoms with Crippen LogP contribution in [0.5, 0.6) is 5.75 Å². The summed E-state index contributed by atoms with van der Waals surface area (Å²) in [5, 5.41) is 2.96. The summed E-state index contributed by atoms with van der Waals surface area (Å²) >= 11 is 0. The normalized spacial score (nSPS) is 14.2. The minimum absolute atomic E-state index is 0.0881. The Hall–Kier alpha value is -2.43. The Labute approximate surface area is 128 Å². The largest absolute Gasteiger partial charge is 0.487 e. The van der Waals surface area contributed by atoms with E-state index in [0.29, 0.717) is 23.0 Å². The Morgan fingerprint density at radius 2 is 2.18 bits per heavy atom. The molecule has 0 aliphatic heterocycles. The van der Waals surface area contributed by atoms with Crippen molar-refractivity contribution in [3.63, 3.8) is 0 Å². The molecule has 5 heteroatoms. The molecule has 0 saturated heterocycles. The molecule has 2 aromatic rings. The highest BCUT2D eigenvalue weighted by Gasteiger charge is 2.20. The first kappa shape index (κ1) is 14.5. The fourth-order valence-electron chi connectivity index (χ4n) is 2.18. The molecule has 0 radical (unpaired) electrons. The van der Waals surface area contributed by atoms with E-state index in [4.69, 9.17) is 4.74 Å². The summed E-state index contributed by atoms with van der Waals surface area (Å²) in [5.74, 6) is 0.0249. The van der Waals surface area contributed by atoms with E-state index >= 15 is 0 Å². The maximum absolute atomic E-state index is 13.0. The Balaban J connectivity index is 1.55. The Morgan fingerprint density at radius 3 is 2.82 bits per heavy atom. The standard InChI is InChI=1S/C17H17FN2O2/c18-13-3-1-6-16(9-13)22-11-15-8-7-12(10-19-15)17(21)20-14-4-2-5-14/h1,3,6-10,14H,2,4-5,11H2,(H,20,21). The third-order valence-electron chi connectivity index (χ3n) is 3.71. The molecule has 1 saturated carbocycles. The van der Waals surface area contributed by atoms with E-state index in [0.717, 1.165) is 12.8 Å². The molecule has 1 N–H and O–H groups in total. The third-order valence-corrected chi connectivity index (χ3v) is 3.71. The topological polar surface area (TPSA) is 51.2 Å². The molecule has 1 aliphatic rings. The van der Waals surface area contributed by atoms with Crippen molar-refractivity contribution in [1.82, 2.24) is 10.3 Å². The minimum Gasteiger partial charge on any atom is -0.487 e. The summed E-state index contributed by atoms with van der Waals surface area (Å²) in [6.07, 6.45) is 4.83. The van der Waals surface area contributed by atoms with Gasteiger partial charge in [0.25, 0.3) is 5.91 Å². The molecule has 1 aliphatic carbocycles. The summed E-state index contributed by atoms with van der Waals surface area (Å²) in [4.78, 5) is 16.2. The Bertz CT molecular complexity index is 654. The molecule has 1 heterocycles. The van der Waals surface area contributed by atoms with Crippen LogP contribution in [0.2, 0.25) is 0 Å². The molecule has 3 rings (SSSR count). The average molecular weight is 300 g/mol. The van der Waals surface area contributed by atoms with Crippen molar-refractivity contribution < 1.29 is 13.9 Å². The number of halogens is 1. The van der Waals surface area contributed by atoms with Gasteiger partial charge in [-0.3, -0.25) is 9.78 Å². The fourth-order valence-corrected chi connectivity index (χ4v) is 2.18. The highest BCUT2D eigenvalue weighted by atomic mass is 19.1. The molecule has 1 fully saturated rings. The number of hydrogen-bond donors (Lipinski definition) is 1. The van der Waals surface area contributed by atoms with Crippen molar-refractivity contribution in [1.29, 1.82) is 0 Å². The van der Waals surface area contributed by atoms with Gasteiger partial charge in [-0.25, -0.2) is 4.39 Å². The Kier molecular flexibility index (Phi) is 4.32. The van der Waals surface area contributed by atoms with Crippen LogP contribution >= 0.6 is 0 Å². The zero-order valence-corrected chi connectivity index (χ0v) is 12.1. The predicted octanol–water partition coefficient (Wildman–Crippen LogP) is 3.08. The van der Waals surface area contributed by atoms with Crippen molar-refractivity contribution in [2.75, 3.05) is 0 Å². The van der Waals surface area contributed by atoms with Crippen LogP contribution in [0.3, 0.4) is 0 Å². The summed E-state index contributed by atoms with van der Waals surface area (Å²) < 4.78 is 18.5. The monoisotopic (exact) mass is 300 g/mol. The van der Waals surface area contributed by atoms with Gasteiger partial charge in [-0.15, -0.1) is 0 Å². The van der Waals surface area contributed by atoms with E-state index in [1.165, 1.54) is 24.8 Å². The lowest BCUT2D eigenvalue weighted by Gasteiger charge is -2.26. The molecule has 0 unspecified atom stereocenters. The lowest BCUT2D eigenvalue weighted by atomic mass is 9.93. The van der Waals surface area contributed by atoms with Crippen LogP contribution in [0.15, 0.2) is 42.6 Å². The maximum atomic E-state index is 13.0. The van der Waals surface area contributed by atoms with E-state index in [-0.39, 0.29) is 18.3 Å². The van der Waals surface area contributed by atoms with Gasteiger partial charge in [-0.05, 0) is 43.5 Å². The Morgan fingerprint density at radius 1 is 1.32 bits per heavy atom. The second-order valence-electron chi connectivity index (χ2n) is 5.39. The highest BCUT2D eigenvalue weighted by molar-refractivity contribution is 5.94. The van der Waals surface area contributed by atoms with Crippen LogP contribution in [-0.4, -0.2) is 16.9 Å². The molecular weight excluding hydrogens is 283 g/mol. The van der Waals surface area contributed by atoms with Crippen LogP contribution in [-0.2, 0) is 6.61 Å². The van der Waals surface area contributed by atoms with E-state index in [9.17, 15) is 9.18 Å². The van der Waals surface area contributed by atoms with Gasteiger partial charge in [0.1, 0.15) is 18.2 Å². The van der Waals surface area contributed by atoms with Crippen molar-refractivity contribution in [3.05, 3.63) is 59.7 Å². The first-order valence-corrected chi connectivity index (χ1v) is 7.35. The number of aromatic nitrogens is 1.